The zero-order valence-electron chi connectivity index (χ0n) is 12.7. The van der Waals surface area contributed by atoms with Crippen LogP contribution in [0.25, 0.3) is 0 Å². The second kappa shape index (κ2) is 6.05. The summed E-state index contributed by atoms with van der Waals surface area (Å²) in [4.78, 5) is 0. The molecule has 2 N–H and O–H groups in total. The van der Waals surface area contributed by atoms with Gasteiger partial charge in [-0.1, -0.05) is 18.0 Å². The van der Waals surface area contributed by atoms with E-state index in [9.17, 15) is 0 Å². The standard InChI is InChI=1S/C17H24ClNO2/c1-20-14-8-7-13(18)15(17(11-19)9-4-10-17)16(14)21-12-5-2-3-6-12/h7-8,12H,2-6,9-11,19H2,1H3. The fourth-order valence-electron chi connectivity index (χ4n) is 3.64. The van der Waals surface area contributed by atoms with Gasteiger partial charge in [0, 0.05) is 22.5 Å². The Morgan fingerprint density at radius 2 is 1.95 bits per heavy atom. The van der Waals surface area contributed by atoms with Gasteiger partial charge in [-0.05, 0) is 50.7 Å². The van der Waals surface area contributed by atoms with E-state index >= 15 is 0 Å². The summed E-state index contributed by atoms with van der Waals surface area (Å²) in [7, 11) is 1.68. The van der Waals surface area contributed by atoms with Crippen molar-refractivity contribution in [3.8, 4) is 11.5 Å². The van der Waals surface area contributed by atoms with E-state index in [1.54, 1.807) is 7.11 Å². The Labute approximate surface area is 131 Å². The highest BCUT2D eigenvalue weighted by molar-refractivity contribution is 6.31. The zero-order valence-corrected chi connectivity index (χ0v) is 13.4. The van der Waals surface area contributed by atoms with E-state index in [2.05, 4.69) is 0 Å². The first kappa shape index (κ1) is 15.0. The first-order chi connectivity index (χ1) is 10.2. The van der Waals surface area contributed by atoms with Crippen LogP contribution in [0.2, 0.25) is 5.02 Å². The van der Waals surface area contributed by atoms with Crippen molar-refractivity contribution < 1.29 is 9.47 Å². The quantitative estimate of drug-likeness (QED) is 0.892. The molecule has 3 rings (SSSR count). The van der Waals surface area contributed by atoms with Gasteiger partial charge in [-0.3, -0.25) is 0 Å². The van der Waals surface area contributed by atoms with Crippen LogP contribution in [-0.2, 0) is 5.41 Å². The summed E-state index contributed by atoms with van der Waals surface area (Å²) >= 11 is 6.53. The average molecular weight is 310 g/mol. The molecule has 116 valence electrons. The number of benzene rings is 1. The monoisotopic (exact) mass is 309 g/mol. The smallest absolute Gasteiger partial charge is 0.166 e. The van der Waals surface area contributed by atoms with E-state index in [1.807, 2.05) is 12.1 Å². The Morgan fingerprint density at radius 1 is 1.24 bits per heavy atom. The van der Waals surface area contributed by atoms with Crippen molar-refractivity contribution in [1.82, 2.24) is 0 Å². The third-order valence-corrected chi connectivity index (χ3v) is 5.42. The summed E-state index contributed by atoms with van der Waals surface area (Å²) in [5.41, 5.74) is 7.13. The first-order valence-corrected chi connectivity index (χ1v) is 8.32. The number of methoxy groups -OCH3 is 1. The molecule has 0 spiro atoms. The number of nitrogens with two attached hydrogens (primary N) is 1. The number of hydrogen-bond donors (Lipinski definition) is 1. The molecule has 4 heteroatoms. The molecule has 21 heavy (non-hydrogen) atoms. The Kier molecular flexibility index (Phi) is 4.32. The lowest BCUT2D eigenvalue weighted by Crippen LogP contribution is -2.42. The van der Waals surface area contributed by atoms with Crippen molar-refractivity contribution in [2.45, 2.75) is 56.5 Å². The summed E-state index contributed by atoms with van der Waals surface area (Å²) in [6.45, 7) is 0.612. The van der Waals surface area contributed by atoms with Crippen molar-refractivity contribution >= 4 is 11.6 Å². The van der Waals surface area contributed by atoms with E-state index in [0.717, 1.165) is 47.8 Å². The van der Waals surface area contributed by atoms with E-state index in [1.165, 1.54) is 19.3 Å². The van der Waals surface area contributed by atoms with Crippen molar-refractivity contribution in [3.05, 3.63) is 22.7 Å². The lowest BCUT2D eigenvalue weighted by atomic mass is 9.64. The highest BCUT2D eigenvalue weighted by atomic mass is 35.5. The fourth-order valence-corrected chi connectivity index (χ4v) is 3.99. The molecular formula is C17H24ClNO2. The van der Waals surface area contributed by atoms with Crippen molar-refractivity contribution in [1.29, 1.82) is 0 Å². The molecule has 0 aromatic heterocycles. The lowest BCUT2D eigenvalue weighted by Gasteiger charge is -2.43. The Balaban J connectivity index is 2.03. The first-order valence-electron chi connectivity index (χ1n) is 7.94. The molecule has 0 radical (unpaired) electrons. The van der Waals surface area contributed by atoms with E-state index < -0.39 is 0 Å². The molecule has 2 aliphatic rings. The number of ether oxygens (including phenoxy) is 2. The molecule has 2 aliphatic carbocycles. The SMILES string of the molecule is COc1ccc(Cl)c(C2(CN)CCC2)c1OC1CCCC1. The largest absolute Gasteiger partial charge is 0.493 e. The molecule has 0 saturated heterocycles. The predicted octanol–water partition coefficient (Wildman–Crippen LogP) is 4.05. The Hall–Kier alpha value is -0.930. The molecule has 0 unspecified atom stereocenters. The molecule has 0 amide bonds. The zero-order chi connectivity index (χ0) is 14.9. The topological polar surface area (TPSA) is 44.5 Å². The van der Waals surface area contributed by atoms with Crippen LogP contribution in [0.1, 0.15) is 50.5 Å². The molecule has 2 fully saturated rings. The van der Waals surface area contributed by atoms with Gasteiger partial charge in [0.05, 0.1) is 13.2 Å². The van der Waals surface area contributed by atoms with Crippen LogP contribution in [0, 0.1) is 0 Å². The van der Waals surface area contributed by atoms with Gasteiger partial charge in [-0.2, -0.15) is 0 Å². The van der Waals surface area contributed by atoms with Crippen molar-refractivity contribution in [2.24, 2.45) is 5.73 Å². The molecule has 0 atom stereocenters. The van der Waals surface area contributed by atoms with Crippen molar-refractivity contribution in [3.63, 3.8) is 0 Å². The minimum atomic E-state index is -0.0282. The number of rotatable bonds is 5. The summed E-state index contributed by atoms with van der Waals surface area (Å²) < 4.78 is 11.9. The van der Waals surface area contributed by atoms with E-state index in [4.69, 9.17) is 26.8 Å². The van der Waals surface area contributed by atoms with Crippen LogP contribution in [0.4, 0.5) is 0 Å². The van der Waals surface area contributed by atoms with Crippen LogP contribution < -0.4 is 15.2 Å². The summed E-state index contributed by atoms with van der Waals surface area (Å²) in [6.07, 6.45) is 8.36. The third kappa shape index (κ3) is 2.62. The van der Waals surface area contributed by atoms with Gasteiger partial charge in [0.1, 0.15) is 0 Å². The highest BCUT2D eigenvalue weighted by Crippen LogP contribution is 2.52. The van der Waals surface area contributed by atoms with E-state index in [0.29, 0.717) is 6.54 Å². The Morgan fingerprint density at radius 3 is 2.48 bits per heavy atom. The van der Waals surface area contributed by atoms with Gasteiger partial charge < -0.3 is 15.2 Å². The molecule has 1 aromatic rings. The second-order valence-electron chi connectivity index (χ2n) is 6.32. The minimum absolute atomic E-state index is 0.0282. The van der Waals surface area contributed by atoms with Crippen LogP contribution in [0.5, 0.6) is 11.5 Å². The van der Waals surface area contributed by atoms with Crippen molar-refractivity contribution in [2.75, 3.05) is 13.7 Å². The summed E-state index contributed by atoms with van der Waals surface area (Å²) in [5, 5.41) is 0.758. The van der Waals surface area contributed by atoms with Gasteiger partial charge in [-0.15, -0.1) is 0 Å². The molecule has 0 aliphatic heterocycles. The third-order valence-electron chi connectivity index (χ3n) is 5.11. The fraction of sp³-hybridized carbons (Fsp3) is 0.647. The van der Waals surface area contributed by atoms with Gasteiger partial charge in [0.15, 0.2) is 11.5 Å². The molecule has 2 saturated carbocycles. The lowest BCUT2D eigenvalue weighted by molar-refractivity contribution is 0.182. The van der Waals surface area contributed by atoms with Gasteiger partial charge in [-0.25, -0.2) is 0 Å². The maximum atomic E-state index is 6.53. The number of halogens is 1. The highest BCUT2D eigenvalue weighted by Gasteiger charge is 2.42. The predicted molar refractivity (Wildman–Crippen MR) is 85.5 cm³/mol. The van der Waals surface area contributed by atoms with E-state index in [-0.39, 0.29) is 11.5 Å². The number of hydrogen-bond acceptors (Lipinski definition) is 3. The van der Waals surface area contributed by atoms with Gasteiger partial charge in [0.25, 0.3) is 0 Å². The van der Waals surface area contributed by atoms with Gasteiger partial charge >= 0.3 is 0 Å². The minimum Gasteiger partial charge on any atom is -0.493 e. The molecule has 3 nitrogen and oxygen atoms in total. The Bertz CT molecular complexity index is 502. The molecular weight excluding hydrogens is 286 g/mol. The van der Waals surface area contributed by atoms with Crippen LogP contribution in [0.3, 0.4) is 0 Å². The van der Waals surface area contributed by atoms with Crippen LogP contribution in [-0.4, -0.2) is 19.8 Å². The van der Waals surface area contributed by atoms with Crippen LogP contribution >= 0.6 is 11.6 Å². The summed E-state index contributed by atoms with van der Waals surface area (Å²) in [6, 6.07) is 3.81. The maximum absolute atomic E-state index is 6.53. The summed E-state index contributed by atoms with van der Waals surface area (Å²) in [5.74, 6) is 1.61. The molecule has 0 bridgehead atoms. The second-order valence-corrected chi connectivity index (χ2v) is 6.72. The van der Waals surface area contributed by atoms with Gasteiger partial charge in [0.2, 0.25) is 0 Å². The normalized spacial score (nSPS) is 21.1. The van der Waals surface area contributed by atoms with Crippen LogP contribution in [0.15, 0.2) is 12.1 Å². The molecule has 1 aromatic carbocycles. The maximum Gasteiger partial charge on any atom is 0.166 e. The average Bonchev–Trinajstić information content (AvgIpc) is 2.94. The molecule has 0 heterocycles.